The molecule has 7 heteroatoms. The van der Waals surface area contributed by atoms with Gasteiger partial charge in [0.25, 0.3) is 0 Å². The van der Waals surface area contributed by atoms with Gasteiger partial charge in [0.05, 0.1) is 30.6 Å². The Bertz CT molecular complexity index is 739. The van der Waals surface area contributed by atoms with Crippen molar-refractivity contribution in [2.75, 3.05) is 13.1 Å². The zero-order valence-electron chi connectivity index (χ0n) is 15.1. The van der Waals surface area contributed by atoms with Crippen molar-refractivity contribution in [2.45, 2.75) is 69.7 Å². The van der Waals surface area contributed by atoms with E-state index in [9.17, 15) is 0 Å². The summed E-state index contributed by atoms with van der Waals surface area (Å²) in [7, 11) is 0. The molecule has 138 valence electrons. The molecule has 2 unspecified atom stereocenters. The SMILES string of the molecule is c1nc(C2CCCCC2)ncc1CN1CCC2C(C1)OCc1cnnn12. The molecule has 2 aromatic heterocycles. The minimum atomic E-state index is 0.195. The van der Waals surface area contributed by atoms with Crippen LogP contribution in [0.3, 0.4) is 0 Å². The van der Waals surface area contributed by atoms with Gasteiger partial charge in [0.2, 0.25) is 0 Å². The van der Waals surface area contributed by atoms with Crippen molar-refractivity contribution < 1.29 is 4.74 Å². The summed E-state index contributed by atoms with van der Waals surface area (Å²) in [5.74, 6) is 1.61. The molecule has 0 radical (unpaired) electrons. The molecule has 4 heterocycles. The third-order valence-corrected chi connectivity index (χ3v) is 6.12. The first-order valence-corrected chi connectivity index (χ1v) is 9.90. The van der Waals surface area contributed by atoms with Crippen molar-refractivity contribution in [1.29, 1.82) is 0 Å². The maximum Gasteiger partial charge on any atom is 0.131 e. The summed E-state index contributed by atoms with van der Waals surface area (Å²) < 4.78 is 8.12. The molecule has 1 saturated heterocycles. The molecule has 2 fully saturated rings. The van der Waals surface area contributed by atoms with Crippen LogP contribution in [0.4, 0.5) is 0 Å². The molecule has 1 saturated carbocycles. The highest BCUT2D eigenvalue weighted by atomic mass is 16.5. The fourth-order valence-corrected chi connectivity index (χ4v) is 4.67. The normalized spacial score (nSPS) is 27.1. The number of hydrogen-bond donors (Lipinski definition) is 0. The van der Waals surface area contributed by atoms with Crippen molar-refractivity contribution in [1.82, 2.24) is 29.9 Å². The van der Waals surface area contributed by atoms with E-state index in [-0.39, 0.29) is 6.10 Å². The summed E-state index contributed by atoms with van der Waals surface area (Å²) in [5, 5.41) is 8.28. The van der Waals surface area contributed by atoms with Crippen molar-refractivity contribution >= 4 is 0 Å². The lowest BCUT2D eigenvalue weighted by molar-refractivity contribution is -0.0704. The molecule has 0 aromatic carbocycles. The fourth-order valence-electron chi connectivity index (χ4n) is 4.67. The number of rotatable bonds is 3. The second-order valence-electron chi connectivity index (χ2n) is 7.89. The van der Waals surface area contributed by atoms with Gasteiger partial charge in [-0.3, -0.25) is 4.90 Å². The molecule has 5 rings (SSSR count). The van der Waals surface area contributed by atoms with Crippen LogP contribution in [0.25, 0.3) is 0 Å². The van der Waals surface area contributed by atoms with Crippen LogP contribution < -0.4 is 0 Å². The Hall–Kier alpha value is -1.86. The Kier molecular flexibility index (Phi) is 4.42. The molecule has 2 atom stereocenters. The molecule has 0 bridgehead atoms. The smallest absolute Gasteiger partial charge is 0.131 e. The largest absolute Gasteiger partial charge is 0.368 e. The second kappa shape index (κ2) is 7.04. The Labute approximate surface area is 153 Å². The first-order valence-electron chi connectivity index (χ1n) is 9.90. The highest BCUT2D eigenvalue weighted by Crippen LogP contribution is 2.32. The molecule has 0 spiro atoms. The van der Waals surface area contributed by atoms with Crippen LogP contribution in [0.2, 0.25) is 0 Å². The summed E-state index contributed by atoms with van der Waals surface area (Å²) in [6.45, 7) is 3.46. The quantitative estimate of drug-likeness (QED) is 0.843. The predicted octanol–water partition coefficient (Wildman–Crippen LogP) is 2.46. The zero-order chi connectivity index (χ0) is 17.3. The molecular formula is C19H26N6O. The summed E-state index contributed by atoms with van der Waals surface area (Å²) in [5.41, 5.74) is 2.28. The molecule has 26 heavy (non-hydrogen) atoms. The number of ether oxygens (including phenoxy) is 1. The molecule has 3 aliphatic rings. The highest BCUT2D eigenvalue weighted by molar-refractivity contribution is 5.09. The van der Waals surface area contributed by atoms with Gasteiger partial charge < -0.3 is 4.74 Å². The Morgan fingerprint density at radius 2 is 1.88 bits per heavy atom. The number of hydrogen-bond acceptors (Lipinski definition) is 6. The Morgan fingerprint density at radius 1 is 1.04 bits per heavy atom. The lowest BCUT2D eigenvalue weighted by Gasteiger charge is -2.40. The van der Waals surface area contributed by atoms with Gasteiger partial charge in [-0.25, -0.2) is 14.6 Å². The number of piperidine rings is 1. The van der Waals surface area contributed by atoms with Crippen molar-refractivity contribution in [3.05, 3.63) is 35.7 Å². The van der Waals surface area contributed by atoms with Crippen LogP contribution >= 0.6 is 0 Å². The monoisotopic (exact) mass is 354 g/mol. The van der Waals surface area contributed by atoms with Gasteiger partial charge in [0.15, 0.2) is 0 Å². The van der Waals surface area contributed by atoms with E-state index in [0.717, 1.165) is 37.6 Å². The predicted molar refractivity (Wildman–Crippen MR) is 95.4 cm³/mol. The summed E-state index contributed by atoms with van der Waals surface area (Å²) in [6, 6.07) is 0.322. The van der Waals surface area contributed by atoms with Crippen molar-refractivity contribution in [2.24, 2.45) is 0 Å². The number of fused-ring (bicyclic) bond motifs is 3. The van der Waals surface area contributed by atoms with Crippen LogP contribution in [-0.2, 0) is 17.9 Å². The first kappa shape index (κ1) is 16.3. The lowest BCUT2D eigenvalue weighted by Crippen LogP contribution is -2.48. The van der Waals surface area contributed by atoms with Crippen LogP contribution in [0.15, 0.2) is 18.6 Å². The van der Waals surface area contributed by atoms with Gasteiger partial charge in [0, 0.05) is 43.5 Å². The summed E-state index contributed by atoms with van der Waals surface area (Å²) >= 11 is 0. The third-order valence-electron chi connectivity index (χ3n) is 6.12. The first-order chi connectivity index (χ1) is 12.9. The van der Waals surface area contributed by atoms with Gasteiger partial charge in [-0.05, 0) is 19.3 Å². The standard InChI is InChI=1S/C19H26N6O/c1-2-4-15(5-3-1)19-20-8-14(9-21-19)11-24-7-6-17-18(12-24)26-13-16-10-22-23-25(16)17/h8-10,15,17-18H,1-7,11-13H2. The zero-order valence-corrected chi connectivity index (χ0v) is 15.1. The van der Waals surface area contributed by atoms with E-state index in [1.807, 2.05) is 18.6 Å². The van der Waals surface area contributed by atoms with E-state index in [4.69, 9.17) is 4.74 Å². The Balaban J connectivity index is 1.21. The van der Waals surface area contributed by atoms with E-state index in [1.54, 1.807) is 0 Å². The van der Waals surface area contributed by atoms with Gasteiger partial charge >= 0.3 is 0 Å². The molecule has 1 aliphatic carbocycles. The second-order valence-corrected chi connectivity index (χ2v) is 7.89. The maximum absolute atomic E-state index is 6.06. The minimum absolute atomic E-state index is 0.195. The number of nitrogens with zero attached hydrogens (tertiary/aromatic N) is 6. The van der Waals surface area contributed by atoms with Crippen LogP contribution in [0.1, 0.15) is 67.6 Å². The van der Waals surface area contributed by atoms with E-state index in [0.29, 0.717) is 18.6 Å². The van der Waals surface area contributed by atoms with Gasteiger partial charge in [-0.2, -0.15) is 0 Å². The van der Waals surface area contributed by atoms with E-state index >= 15 is 0 Å². The molecule has 0 amide bonds. The molecule has 2 aliphatic heterocycles. The average Bonchev–Trinajstić information content (AvgIpc) is 3.18. The topological polar surface area (TPSA) is 69.0 Å². The Morgan fingerprint density at radius 3 is 2.73 bits per heavy atom. The molecule has 0 N–H and O–H groups in total. The van der Waals surface area contributed by atoms with E-state index in [1.165, 1.54) is 37.7 Å². The van der Waals surface area contributed by atoms with Crippen molar-refractivity contribution in [3.63, 3.8) is 0 Å². The lowest BCUT2D eigenvalue weighted by atomic mass is 9.89. The number of likely N-dealkylation sites (tertiary alicyclic amines) is 1. The van der Waals surface area contributed by atoms with Crippen LogP contribution in [-0.4, -0.2) is 49.1 Å². The average molecular weight is 354 g/mol. The van der Waals surface area contributed by atoms with E-state index in [2.05, 4.69) is 29.9 Å². The molecular weight excluding hydrogens is 328 g/mol. The van der Waals surface area contributed by atoms with E-state index < -0.39 is 0 Å². The van der Waals surface area contributed by atoms with Gasteiger partial charge in [-0.1, -0.05) is 24.5 Å². The van der Waals surface area contributed by atoms with Gasteiger partial charge in [-0.15, -0.1) is 5.10 Å². The number of aromatic nitrogens is 5. The minimum Gasteiger partial charge on any atom is -0.368 e. The van der Waals surface area contributed by atoms with Crippen LogP contribution in [0.5, 0.6) is 0 Å². The van der Waals surface area contributed by atoms with Gasteiger partial charge in [0.1, 0.15) is 5.82 Å². The molecule has 7 nitrogen and oxygen atoms in total. The summed E-state index contributed by atoms with van der Waals surface area (Å²) in [4.78, 5) is 11.8. The third kappa shape index (κ3) is 3.14. The maximum atomic E-state index is 6.06. The molecule has 2 aromatic rings. The highest BCUT2D eigenvalue weighted by Gasteiger charge is 2.36. The fraction of sp³-hybridized carbons (Fsp3) is 0.684. The summed E-state index contributed by atoms with van der Waals surface area (Å²) in [6.07, 6.45) is 13.6. The van der Waals surface area contributed by atoms with Crippen LogP contribution in [0, 0.1) is 0 Å². The van der Waals surface area contributed by atoms with Crippen molar-refractivity contribution in [3.8, 4) is 0 Å².